The van der Waals surface area contributed by atoms with Gasteiger partial charge in [-0.25, -0.2) is 0 Å². The first kappa shape index (κ1) is 18.1. The Morgan fingerprint density at radius 3 is 2.68 bits per heavy atom. The highest BCUT2D eigenvalue weighted by atomic mass is 16.5. The molecule has 0 radical (unpaired) electrons. The minimum Gasteiger partial charge on any atom is -0.386 e. The summed E-state index contributed by atoms with van der Waals surface area (Å²) in [4.78, 5) is 0. The highest BCUT2D eigenvalue weighted by Crippen LogP contribution is 2.34. The molecule has 1 aliphatic carbocycles. The molecule has 2 aromatic rings. The smallest absolute Gasteiger partial charge is 0.0975 e. The first-order valence-electron chi connectivity index (χ1n) is 9.14. The first-order chi connectivity index (χ1) is 12.1. The Hall–Kier alpha value is -1.69. The second-order valence-corrected chi connectivity index (χ2v) is 7.30. The Labute approximate surface area is 150 Å². The molecule has 1 unspecified atom stereocenters. The van der Waals surface area contributed by atoms with Crippen LogP contribution in [-0.2, 0) is 11.3 Å². The van der Waals surface area contributed by atoms with Crippen LogP contribution in [0.5, 0.6) is 0 Å². The average Bonchev–Trinajstić information content (AvgIpc) is 3.24. The summed E-state index contributed by atoms with van der Waals surface area (Å²) in [6.45, 7) is 3.25. The monoisotopic (exact) mass is 343 g/mol. The van der Waals surface area contributed by atoms with Crippen LogP contribution >= 0.6 is 0 Å². The third-order valence-electron chi connectivity index (χ3n) is 4.87. The van der Waals surface area contributed by atoms with E-state index in [-0.39, 0.29) is 0 Å². The zero-order chi connectivity index (χ0) is 17.7. The molecule has 1 saturated carbocycles. The Bertz CT molecular complexity index is 661. The molecule has 1 atom stereocenters. The van der Waals surface area contributed by atoms with Gasteiger partial charge in [0.05, 0.1) is 30.1 Å². The lowest BCUT2D eigenvalue weighted by Gasteiger charge is -2.22. The van der Waals surface area contributed by atoms with E-state index in [1.54, 1.807) is 14.0 Å². The van der Waals surface area contributed by atoms with E-state index in [0.29, 0.717) is 25.7 Å². The summed E-state index contributed by atoms with van der Waals surface area (Å²) in [5, 5.41) is 18.3. The molecular weight excluding hydrogens is 314 g/mol. The van der Waals surface area contributed by atoms with Crippen LogP contribution in [-0.4, -0.2) is 40.7 Å². The molecule has 0 spiro atoms. The largest absolute Gasteiger partial charge is 0.386 e. The number of nitrogens with zero attached hydrogens (tertiary/aromatic N) is 2. The highest BCUT2D eigenvalue weighted by Gasteiger charge is 2.24. The van der Waals surface area contributed by atoms with Crippen LogP contribution in [0.15, 0.2) is 36.5 Å². The standard InChI is InChI=1S/C20H29N3O2/c1-20(24,15-25-2)14-21-12-17-13-22-23(18-10-6-7-11-18)19(17)16-8-4-3-5-9-16/h3-5,8-9,13,18,21,24H,6-7,10-12,14-15H2,1-2H3. The van der Waals surface area contributed by atoms with Crippen LogP contribution in [0.3, 0.4) is 0 Å². The molecule has 2 N–H and O–H groups in total. The predicted molar refractivity (Wildman–Crippen MR) is 99.4 cm³/mol. The summed E-state index contributed by atoms with van der Waals surface area (Å²) in [5.41, 5.74) is 2.70. The molecule has 0 saturated heterocycles. The zero-order valence-corrected chi connectivity index (χ0v) is 15.2. The molecule has 136 valence electrons. The van der Waals surface area contributed by atoms with Crippen molar-refractivity contribution in [3.8, 4) is 11.3 Å². The van der Waals surface area contributed by atoms with Gasteiger partial charge < -0.3 is 15.2 Å². The summed E-state index contributed by atoms with van der Waals surface area (Å²) >= 11 is 0. The number of methoxy groups -OCH3 is 1. The van der Waals surface area contributed by atoms with Gasteiger partial charge in [-0.15, -0.1) is 0 Å². The quantitative estimate of drug-likeness (QED) is 0.773. The fraction of sp³-hybridized carbons (Fsp3) is 0.550. The van der Waals surface area contributed by atoms with Gasteiger partial charge in [-0.3, -0.25) is 4.68 Å². The van der Waals surface area contributed by atoms with Gasteiger partial charge in [0.1, 0.15) is 0 Å². The van der Waals surface area contributed by atoms with Crippen molar-refractivity contribution < 1.29 is 9.84 Å². The summed E-state index contributed by atoms with van der Waals surface area (Å²) < 4.78 is 7.28. The predicted octanol–water partition coefficient (Wildman–Crippen LogP) is 3.15. The fourth-order valence-corrected chi connectivity index (χ4v) is 3.70. The number of hydrogen-bond acceptors (Lipinski definition) is 4. The van der Waals surface area contributed by atoms with Crippen molar-refractivity contribution in [3.63, 3.8) is 0 Å². The van der Waals surface area contributed by atoms with Crippen LogP contribution in [0.1, 0.15) is 44.2 Å². The van der Waals surface area contributed by atoms with Gasteiger partial charge in [0.2, 0.25) is 0 Å². The van der Waals surface area contributed by atoms with E-state index in [2.05, 4.69) is 34.3 Å². The van der Waals surface area contributed by atoms with E-state index in [1.165, 1.54) is 42.5 Å². The van der Waals surface area contributed by atoms with Crippen molar-refractivity contribution in [1.29, 1.82) is 0 Å². The molecule has 1 fully saturated rings. The Morgan fingerprint density at radius 1 is 1.28 bits per heavy atom. The van der Waals surface area contributed by atoms with Crippen LogP contribution in [0.2, 0.25) is 0 Å². The lowest BCUT2D eigenvalue weighted by Crippen LogP contribution is -2.41. The lowest BCUT2D eigenvalue weighted by molar-refractivity contribution is -0.0156. The van der Waals surface area contributed by atoms with E-state index in [9.17, 15) is 5.11 Å². The minimum atomic E-state index is -0.872. The molecule has 1 aromatic heterocycles. The number of aliphatic hydroxyl groups is 1. The summed E-state index contributed by atoms with van der Waals surface area (Å²) in [7, 11) is 1.60. The first-order valence-corrected chi connectivity index (χ1v) is 9.14. The SMILES string of the molecule is COCC(C)(O)CNCc1cnn(C2CCCC2)c1-c1ccccc1. The molecule has 0 amide bonds. The third kappa shape index (κ3) is 4.48. The van der Waals surface area contributed by atoms with Gasteiger partial charge in [-0.1, -0.05) is 43.2 Å². The van der Waals surface area contributed by atoms with E-state index < -0.39 is 5.60 Å². The van der Waals surface area contributed by atoms with Crippen LogP contribution in [0.4, 0.5) is 0 Å². The topological polar surface area (TPSA) is 59.3 Å². The molecule has 1 heterocycles. The Kier molecular flexibility index (Phi) is 5.89. The van der Waals surface area contributed by atoms with Crippen molar-refractivity contribution in [2.45, 2.75) is 50.8 Å². The van der Waals surface area contributed by atoms with Crippen LogP contribution < -0.4 is 5.32 Å². The van der Waals surface area contributed by atoms with Gasteiger partial charge in [0.15, 0.2) is 0 Å². The number of benzene rings is 1. The van der Waals surface area contributed by atoms with E-state index in [4.69, 9.17) is 9.84 Å². The summed E-state index contributed by atoms with van der Waals surface area (Å²) in [5.74, 6) is 0. The molecule has 25 heavy (non-hydrogen) atoms. The van der Waals surface area contributed by atoms with Gasteiger partial charge >= 0.3 is 0 Å². The molecule has 1 aliphatic rings. The molecule has 0 bridgehead atoms. The normalized spacial score (nSPS) is 17.7. The van der Waals surface area contributed by atoms with Crippen molar-refractivity contribution >= 4 is 0 Å². The fourth-order valence-electron chi connectivity index (χ4n) is 3.70. The maximum absolute atomic E-state index is 10.2. The third-order valence-corrected chi connectivity index (χ3v) is 4.87. The second kappa shape index (κ2) is 8.13. The molecule has 3 rings (SSSR count). The average molecular weight is 343 g/mol. The van der Waals surface area contributed by atoms with Gasteiger partial charge in [-0.2, -0.15) is 5.10 Å². The number of aromatic nitrogens is 2. The van der Waals surface area contributed by atoms with Crippen molar-refractivity contribution in [1.82, 2.24) is 15.1 Å². The molecule has 1 aromatic carbocycles. The zero-order valence-electron chi connectivity index (χ0n) is 15.2. The molecular formula is C20H29N3O2. The number of nitrogens with one attached hydrogen (secondary N) is 1. The Morgan fingerprint density at radius 2 is 2.00 bits per heavy atom. The van der Waals surface area contributed by atoms with Crippen molar-refractivity contribution in [2.75, 3.05) is 20.3 Å². The van der Waals surface area contributed by atoms with E-state index in [1.807, 2.05) is 12.3 Å². The number of hydrogen-bond donors (Lipinski definition) is 2. The number of ether oxygens (including phenoxy) is 1. The van der Waals surface area contributed by atoms with Crippen molar-refractivity contribution in [3.05, 3.63) is 42.1 Å². The van der Waals surface area contributed by atoms with Crippen LogP contribution in [0, 0.1) is 0 Å². The van der Waals surface area contributed by atoms with Crippen LogP contribution in [0.25, 0.3) is 11.3 Å². The van der Waals surface area contributed by atoms with Gasteiger partial charge in [-0.05, 0) is 19.8 Å². The lowest BCUT2D eigenvalue weighted by atomic mass is 10.1. The summed E-state index contributed by atoms with van der Waals surface area (Å²) in [6.07, 6.45) is 6.95. The van der Waals surface area contributed by atoms with Crippen molar-refractivity contribution in [2.24, 2.45) is 0 Å². The van der Waals surface area contributed by atoms with E-state index in [0.717, 1.165) is 0 Å². The second-order valence-electron chi connectivity index (χ2n) is 7.30. The molecule has 0 aliphatic heterocycles. The maximum Gasteiger partial charge on any atom is 0.0975 e. The summed E-state index contributed by atoms with van der Waals surface area (Å²) in [6, 6.07) is 11.0. The highest BCUT2D eigenvalue weighted by molar-refractivity contribution is 5.63. The van der Waals surface area contributed by atoms with Gasteiger partial charge in [0, 0.05) is 31.3 Å². The van der Waals surface area contributed by atoms with E-state index >= 15 is 0 Å². The minimum absolute atomic E-state index is 0.312. The Balaban J connectivity index is 1.79. The number of rotatable bonds is 8. The molecule has 5 heteroatoms. The van der Waals surface area contributed by atoms with Gasteiger partial charge in [0.25, 0.3) is 0 Å². The maximum atomic E-state index is 10.2. The molecule has 5 nitrogen and oxygen atoms in total.